The fraction of sp³-hybridized carbons (Fsp3) is 0. The minimum Gasteiger partial charge on any atom is -0.399 e. The van der Waals surface area contributed by atoms with Gasteiger partial charge in [-0.2, -0.15) is 0 Å². The molecule has 0 radical (unpaired) electrons. The normalized spacial score (nSPS) is 11.1. The maximum absolute atomic E-state index is 14.0. The van der Waals surface area contributed by atoms with Crippen molar-refractivity contribution in [1.82, 2.24) is 14.5 Å². The summed E-state index contributed by atoms with van der Waals surface area (Å²) in [5, 5.41) is 1.12. The number of H-pyrrole nitrogens is 1. The molecule has 0 unspecified atom stereocenters. The number of imidazole rings is 1. The molecule has 0 saturated heterocycles. The van der Waals surface area contributed by atoms with E-state index in [1.165, 1.54) is 6.07 Å². The Morgan fingerprint density at radius 3 is 2.77 bits per heavy atom. The van der Waals surface area contributed by atoms with Crippen molar-refractivity contribution in [3.63, 3.8) is 0 Å². The van der Waals surface area contributed by atoms with E-state index in [1.807, 2.05) is 30.3 Å². The highest BCUT2D eigenvalue weighted by Gasteiger charge is 2.09. The van der Waals surface area contributed by atoms with E-state index in [2.05, 4.69) is 9.97 Å². The third-order valence-corrected chi connectivity index (χ3v) is 3.64. The van der Waals surface area contributed by atoms with E-state index in [9.17, 15) is 4.39 Å². The highest BCUT2D eigenvalue weighted by Crippen LogP contribution is 2.24. The number of rotatable bonds is 2. The van der Waals surface area contributed by atoms with Gasteiger partial charge in [0.15, 0.2) is 0 Å². The van der Waals surface area contributed by atoms with Gasteiger partial charge in [-0.25, -0.2) is 9.37 Å². The predicted molar refractivity (Wildman–Crippen MR) is 85.2 cm³/mol. The molecule has 5 heteroatoms. The molecule has 4 nitrogen and oxygen atoms in total. The number of nitrogen functional groups attached to an aromatic ring is 1. The van der Waals surface area contributed by atoms with Crippen LogP contribution in [-0.4, -0.2) is 14.5 Å². The summed E-state index contributed by atoms with van der Waals surface area (Å²) in [5.41, 5.74) is 9.10. The largest absolute Gasteiger partial charge is 0.399 e. The molecule has 0 amide bonds. The number of aromatic nitrogens is 3. The summed E-state index contributed by atoms with van der Waals surface area (Å²) in [6, 6.07) is 14.6. The van der Waals surface area contributed by atoms with E-state index >= 15 is 0 Å². The molecule has 0 bridgehead atoms. The summed E-state index contributed by atoms with van der Waals surface area (Å²) < 4.78 is 15.6. The molecule has 0 spiro atoms. The standard InChI is InChI=1S/C17H13FN4/c18-13-8-12(19)5-6-17(13)22-9-16(20-10-22)15-7-11-3-1-2-4-14(11)21-15/h1-10,21H,19H2. The van der Waals surface area contributed by atoms with Crippen LogP contribution in [0, 0.1) is 5.82 Å². The van der Waals surface area contributed by atoms with Crippen molar-refractivity contribution < 1.29 is 4.39 Å². The number of hydrogen-bond acceptors (Lipinski definition) is 2. The second kappa shape index (κ2) is 4.73. The summed E-state index contributed by atoms with van der Waals surface area (Å²) in [4.78, 5) is 7.67. The Bertz CT molecular complexity index is 935. The lowest BCUT2D eigenvalue weighted by molar-refractivity contribution is 0.619. The molecule has 3 N–H and O–H groups in total. The molecule has 22 heavy (non-hydrogen) atoms. The summed E-state index contributed by atoms with van der Waals surface area (Å²) in [5.74, 6) is -0.374. The Morgan fingerprint density at radius 2 is 1.95 bits per heavy atom. The SMILES string of the molecule is Nc1ccc(-n2cnc(-c3cc4ccccc4[nH]3)c2)c(F)c1. The van der Waals surface area contributed by atoms with Crippen LogP contribution in [0.1, 0.15) is 0 Å². The first-order valence-corrected chi connectivity index (χ1v) is 6.88. The molecule has 108 valence electrons. The molecule has 2 aromatic carbocycles. The molecule has 0 fully saturated rings. The molecule has 0 aliphatic heterocycles. The first-order valence-electron chi connectivity index (χ1n) is 6.88. The smallest absolute Gasteiger partial charge is 0.149 e. The van der Waals surface area contributed by atoms with Crippen LogP contribution in [0.5, 0.6) is 0 Å². The van der Waals surface area contributed by atoms with Crippen LogP contribution in [0.2, 0.25) is 0 Å². The fourth-order valence-corrected chi connectivity index (χ4v) is 2.54. The van der Waals surface area contributed by atoms with Gasteiger partial charge in [0.05, 0.1) is 11.4 Å². The highest BCUT2D eigenvalue weighted by atomic mass is 19.1. The second-order valence-corrected chi connectivity index (χ2v) is 5.15. The first kappa shape index (κ1) is 12.6. The first-order chi connectivity index (χ1) is 10.7. The lowest BCUT2D eigenvalue weighted by atomic mass is 10.2. The van der Waals surface area contributed by atoms with Gasteiger partial charge >= 0.3 is 0 Å². The Hall–Kier alpha value is -3.08. The third kappa shape index (κ3) is 2.03. The summed E-state index contributed by atoms with van der Waals surface area (Å²) in [7, 11) is 0. The summed E-state index contributed by atoms with van der Waals surface area (Å²) >= 11 is 0. The molecule has 4 rings (SSSR count). The number of fused-ring (bicyclic) bond motifs is 1. The molecule has 0 saturated carbocycles. The van der Waals surface area contributed by atoms with E-state index in [0.717, 1.165) is 22.3 Å². The molecule has 2 aromatic heterocycles. The molecule has 2 heterocycles. The number of hydrogen-bond donors (Lipinski definition) is 2. The number of aromatic amines is 1. The third-order valence-electron chi connectivity index (χ3n) is 3.64. The van der Waals surface area contributed by atoms with Gasteiger partial charge in [-0.3, -0.25) is 0 Å². The van der Waals surface area contributed by atoms with Gasteiger partial charge in [0.2, 0.25) is 0 Å². The average Bonchev–Trinajstić information content (AvgIpc) is 3.13. The van der Waals surface area contributed by atoms with Crippen molar-refractivity contribution in [2.24, 2.45) is 0 Å². The average molecular weight is 292 g/mol. The van der Waals surface area contributed by atoms with Crippen LogP contribution >= 0.6 is 0 Å². The number of halogens is 1. The number of anilines is 1. The summed E-state index contributed by atoms with van der Waals surface area (Å²) in [6.45, 7) is 0. The van der Waals surface area contributed by atoms with E-state index in [4.69, 9.17) is 5.73 Å². The Morgan fingerprint density at radius 1 is 1.09 bits per heavy atom. The van der Waals surface area contributed by atoms with Crippen molar-refractivity contribution in [3.8, 4) is 17.1 Å². The van der Waals surface area contributed by atoms with Gasteiger partial charge in [0.25, 0.3) is 0 Å². The summed E-state index contributed by atoms with van der Waals surface area (Å²) in [6.07, 6.45) is 3.38. The van der Waals surface area contributed by atoms with Crippen LogP contribution < -0.4 is 5.73 Å². The van der Waals surface area contributed by atoms with E-state index in [0.29, 0.717) is 11.4 Å². The monoisotopic (exact) mass is 292 g/mol. The van der Waals surface area contributed by atoms with Crippen LogP contribution in [0.4, 0.5) is 10.1 Å². The van der Waals surface area contributed by atoms with Crippen molar-refractivity contribution in [1.29, 1.82) is 0 Å². The van der Waals surface area contributed by atoms with Gasteiger partial charge < -0.3 is 15.3 Å². The van der Waals surface area contributed by atoms with E-state index < -0.39 is 0 Å². The van der Waals surface area contributed by atoms with Crippen LogP contribution in [-0.2, 0) is 0 Å². The molecular formula is C17H13FN4. The number of nitrogens with zero attached hydrogens (tertiary/aromatic N) is 2. The van der Waals surface area contributed by atoms with E-state index in [1.54, 1.807) is 29.2 Å². The Labute approximate surface area is 126 Å². The Kier molecular flexibility index (Phi) is 2.72. The van der Waals surface area contributed by atoms with Gasteiger partial charge in [-0.05, 0) is 30.3 Å². The van der Waals surface area contributed by atoms with E-state index in [-0.39, 0.29) is 5.82 Å². The number of para-hydroxylation sites is 1. The zero-order chi connectivity index (χ0) is 15.1. The zero-order valence-corrected chi connectivity index (χ0v) is 11.6. The minimum absolute atomic E-state index is 0.374. The van der Waals surface area contributed by atoms with Crippen LogP contribution in [0.25, 0.3) is 28.0 Å². The fourth-order valence-electron chi connectivity index (χ4n) is 2.54. The molecular weight excluding hydrogens is 279 g/mol. The molecule has 0 aliphatic carbocycles. The maximum Gasteiger partial charge on any atom is 0.149 e. The van der Waals surface area contributed by atoms with Crippen molar-refractivity contribution >= 4 is 16.6 Å². The number of nitrogens with one attached hydrogen (secondary N) is 1. The quantitative estimate of drug-likeness (QED) is 0.553. The zero-order valence-electron chi connectivity index (χ0n) is 11.6. The van der Waals surface area contributed by atoms with Gasteiger partial charge in [0, 0.05) is 22.8 Å². The van der Waals surface area contributed by atoms with Gasteiger partial charge in [-0.1, -0.05) is 18.2 Å². The predicted octanol–water partition coefficient (Wildman–Crippen LogP) is 3.74. The lowest BCUT2D eigenvalue weighted by Crippen LogP contribution is -1.96. The lowest BCUT2D eigenvalue weighted by Gasteiger charge is -2.04. The number of benzene rings is 2. The van der Waals surface area contributed by atoms with Crippen molar-refractivity contribution in [2.45, 2.75) is 0 Å². The van der Waals surface area contributed by atoms with Crippen molar-refractivity contribution in [3.05, 3.63) is 66.9 Å². The second-order valence-electron chi connectivity index (χ2n) is 5.15. The topological polar surface area (TPSA) is 59.6 Å². The van der Waals surface area contributed by atoms with Gasteiger partial charge in [0.1, 0.15) is 17.8 Å². The molecule has 0 aliphatic rings. The Balaban J connectivity index is 1.77. The van der Waals surface area contributed by atoms with Gasteiger partial charge in [-0.15, -0.1) is 0 Å². The minimum atomic E-state index is -0.374. The van der Waals surface area contributed by atoms with Crippen LogP contribution in [0.3, 0.4) is 0 Å². The molecule has 0 atom stereocenters. The molecule has 4 aromatic rings. The maximum atomic E-state index is 14.0. The van der Waals surface area contributed by atoms with Crippen molar-refractivity contribution in [2.75, 3.05) is 5.73 Å². The number of nitrogens with two attached hydrogens (primary N) is 1. The highest BCUT2D eigenvalue weighted by molar-refractivity contribution is 5.85. The van der Waals surface area contributed by atoms with Crippen LogP contribution in [0.15, 0.2) is 61.1 Å².